The monoisotopic (exact) mass is 481 g/mol. The molecule has 1 saturated heterocycles. The zero-order valence-electron chi connectivity index (χ0n) is 19.3. The Morgan fingerprint density at radius 3 is 2.71 bits per heavy atom. The minimum atomic E-state index is -0.412. The molecule has 178 valence electrons. The van der Waals surface area contributed by atoms with E-state index in [2.05, 4.69) is 21.3 Å². The highest BCUT2D eigenvalue weighted by Gasteiger charge is 2.41. The van der Waals surface area contributed by atoms with Gasteiger partial charge in [-0.3, -0.25) is 15.1 Å². The van der Waals surface area contributed by atoms with Crippen molar-refractivity contribution in [1.29, 1.82) is 0 Å². The average molecular weight is 482 g/mol. The van der Waals surface area contributed by atoms with E-state index < -0.39 is 4.92 Å². The van der Waals surface area contributed by atoms with E-state index >= 15 is 0 Å². The third-order valence-electron chi connectivity index (χ3n) is 6.16. The van der Waals surface area contributed by atoms with Crippen LogP contribution in [-0.2, 0) is 0 Å². The fourth-order valence-corrected chi connectivity index (χ4v) is 4.98. The van der Waals surface area contributed by atoms with Crippen molar-refractivity contribution >= 4 is 23.0 Å². The molecule has 34 heavy (non-hydrogen) atoms. The largest absolute Gasteiger partial charge is 0.495 e. The maximum atomic E-state index is 11.4. The van der Waals surface area contributed by atoms with E-state index in [4.69, 9.17) is 17.0 Å². The fourth-order valence-electron chi connectivity index (χ4n) is 4.65. The van der Waals surface area contributed by atoms with Gasteiger partial charge in [-0.25, -0.2) is 0 Å². The molecular weight excluding hydrogens is 454 g/mol. The number of hydrogen-bond donors (Lipinski definition) is 2. The second-order valence-corrected chi connectivity index (χ2v) is 8.56. The van der Waals surface area contributed by atoms with Crippen molar-refractivity contribution in [3.8, 4) is 11.4 Å². The van der Waals surface area contributed by atoms with Crippen molar-refractivity contribution in [3.05, 3.63) is 81.4 Å². The molecule has 2 atom stereocenters. The van der Waals surface area contributed by atoms with Crippen molar-refractivity contribution in [2.24, 2.45) is 0 Å². The standard InChI is InChI=1S/C24H27N5O4S/c1-15-13-18(16(2)28(15)20-14-17(29(31)32)8-9-21(20)33-3)23-22(19-7-4-5-10-25-19)26-24(34)27(23)11-6-12-30/h4-5,7-10,13-14,22-23,30H,6,11-12H2,1-3H3,(H,26,34)/t22-,23+/m0/s1. The summed E-state index contributed by atoms with van der Waals surface area (Å²) in [5, 5.41) is 24.9. The van der Waals surface area contributed by atoms with Crippen molar-refractivity contribution in [2.45, 2.75) is 32.4 Å². The number of hydrogen-bond acceptors (Lipinski definition) is 6. The number of rotatable bonds is 8. The first-order valence-electron chi connectivity index (χ1n) is 11.0. The minimum Gasteiger partial charge on any atom is -0.495 e. The van der Waals surface area contributed by atoms with Crippen molar-refractivity contribution in [2.75, 3.05) is 20.3 Å². The number of aryl methyl sites for hydroxylation is 1. The SMILES string of the molecule is COc1ccc([N+](=O)[O-])cc1-n1c(C)cc([C@@H]2[C@H](c3ccccn3)NC(=S)N2CCCO)c1C. The Kier molecular flexibility index (Phi) is 6.80. The van der Waals surface area contributed by atoms with Gasteiger partial charge >= 0.3 is 0 Å². The lowest BCUT2D eigenvalue weighted by molar-refractivity contribution is -0.384. The Labute approximate surface area is 203 Å². The molecule has 0 spiro atoms. The van der Waals surface area contributed by atoms with Crippen molar-refractivity contribution in [3.63, 3.8) is 0 Å². The Morgan fingerprint density at radius 2 is 2.06 bits per heavy atom. The van der Waals surface area contributed by atoms with Gasteiger partial charge in [-0.1, -0.05) is 6.07 Å². The van der Waals surface area contributed by atoms with Gasteiger partial charge in [0.05, 0.1) is 35.5 Å². The Morgan fingerprint density at radius 1 is 1.26 bits per heavy atom. The number of nitro benzene ring substituents is 1. The molecule has 3 heterocycles. The molecule has 1 aliphatic rings. The number of aromatic nitrogens is 2. The summed E-state index contributed by atoms with van der Waals surface area (Å²) in [5.74, 6) is 0.539. The summed E-state index contributed by atoms with van der Waals surface area (Å²) in [4.78, 5) is 17.7. The van der Waals surface area contributed by atoms with E-state index in [0.29, 0.717) is 29.5 Å². The summed E-state index contributed by atoms with van der Waals surface area (Å²) >= 11 is 5.67. The molecule has 2 aromatic heterocycles. The smallest absolute Gasteiger partial charge is 0.271 e. The number of non-ortho nitro benzene ring substituents is 1. The molecule has 4 rings (SSSR count). The highest BCUT2D eigenvalue weighted by atomic mass is 32.1. The highest BCUT2D eigenvalue weighted by Crippen LogP contribution is 2.42. The van der Waals surface area contributed by atoms with Gasteiger partial charge < -0.3 is 24.6 Å². The van der Waals surface area contributed by atoms with E-state index in [1.807, 2.05) is 36.6 Å². The quantitative estimate of drug-likeness (QED) is 0.285. The van der Waals surface area contributed by atoms with Crippen LogP contribution in [0.3, 0.4) is 0 Å². The Balaban J connectivity index is 1.86. The molecule has 1 fully saturated rings. The van der Waals surface area contributed by atoms with Crippen LogP contribution >= 0.6 is 12.2 Å². The molecule has 0 radical (unpaired) electrons. The van der Waals surface area contributed by atoms with E-state index in [9.17, 15) is 15.2 Å². The van der Waals surface area contributed by atoms with Gasteiger partial charge in [0, 0.05) is 42.9 Å². The number of nitrogens with zero attached hydrogens (tertiary/aromatic N) is 4. The van der Waals surface area contributed by atoms with Crippen molar-refractivity contribution in [1.82, 2.24) is 19.8 Å². The first kappa shape index (κ1) is 23.7. The number of pyridine rings is 1. The Hall–Kier alpha value is -3.50. The zero-order chi connectivity index (χ0) is 24.4. The molecule has 0 bridgehead atoms. The lowest BCUT2D eigenvalue weighted by Crippen LogP contribution is -2.31. The van der Waals surface area contributed by atoms with Crippen LogP contribution in [0.1, 0.15) is 41.1 Å². The lowest BCUT2D eigenvalue weighted by atomic mass is 9.96. The first-order valence-corrected chi connectivity index (χ1v) is 11.4. The van der Waals surface area contributed by atoms with E-state index in [0.717, 1.165) is 22.6 Å². The molecule has 9 nitrogen and oxygen atoms in total. The van der Waals surface area contributed by atoms with Gasteiger partial charge in [0.15, 0.2) is 5.11 Å². The van der Waals surface area contributed by atoms with Gasteiger partial charge in [0.2, 0.25) is 0 Å². The third kappa shape index (κ3) is 4.22. The van der Waals surface area contributed by atoms with Gasteiger partial charge in [-0.2, -0.15) is 0 Å². The van der Waals surface area contributed by atoms with Gasteiger partial charge in [-0.05, 0) is 62.3 Å². The number of nitro groups is 1. The molecular formula is C24H27N5O4S. The van der Waals surface area contributed by atoms with Gasteiger partial charge in [-0.15, -0.1) is 0 Å². The first-order chi connectivity index (χ1) is 16.4. The van der Waals surface area contributed by atoms with E-state index in [1.165, 1.54) is 12.1 Å². The fraction of sp³-hybridized carbons (Fsp3) is 0.333. The van der Waals surface area contributed by atoms with E-state index in [1.54, 1.807) is 19.4 Å². The van der Waals surface area contributed by atoms with Crippen LogP contribution in [0, 0.1) is 24.0 Å². The number of thiocarbonyl (C=S) groups is 1. The topological polar surface area (TPSA) is 106 Å². The number of benzene rings is 1. The second-order valence-electron chi connectivity index (χ2n) is 8.17. The number of nitrogens with one attached hydrogen (secondary N) is 1. The third-order valence-corrected chi connectivity index (χ3v) is 6.51. The van der Waals surface area contributed by atoms with E-state index in [-0.39, 0.29) is 24.4 Å². The summed E-state index contributed by atoms with van der Waals surface area (Å²) in [6.45, 7) is 4.59. The van der Waals surface area contributed by atoms with Crippen LogP contribution in [0.15, 0.2) is 48.7 Å². The predicted molar refractivity (Wildman–Crippen MR) is 132 cm³/mol. The molecule has 0 amide bonds. The molecule has 2 N–H and O–H groups in total. The molecule has 10 heteroatoms. The maximum Gasteiger partial charge on any atom is 0.271 e. The molecule has 0 unspecified atom stereocenters. The molecule has 1 aromatic carbocycles. The normalized spacial score (nSPS) is 17.6. The van der Waals surface area contributed by atoms with Crippen molar-refractivity contribution < 1.29 is 14.8 Å². The van der Waals surface area contributed by atoms with Crippen LogP contribution in [0.4, 0.5) is 5.69 Å². The van der Waals surface area contributed by atoms with Crippen LogP contribution in [0.25, 0.3) is 5.69 Å². The van der Waals surface area contributed by atoms with Crippen LogP contribution < -0.4 is 10.1 Å². The Bertz CT molecular complexity index is 1210. The molecule has 0 saturated carbocycles. The number of methoxy groups -OCH3 is 1. The zero-order valence-corrected chi connectivity index (χ0v) is 20.1. The number of aliphatic hydroxyl groups excluding tert-OH is 1. The lowest BCUT2D eigenvalue weighted by Gasteiger charge is -2.28. The van der Waals surface area contributed by atoms with Crippen LogP contribution in [-0.4, -0.2) is 49.9 Å². The van der Waals surface area contributed by atoms with Crippen LogP contribution in [0.5, 0.6) is 5.75 Å². The maximum absolute atomic E-state index is 11.4. The summed E-state index contributed by atoms with van der Waals surface area (Å²) in [6, 6.07) is 12.1. The summed E-state index contributed by atoms with van der Waals surface area (Å²) in [5.41, 5.74) is 4.30. The van der Waals surface area contributed by atoms with Crippen LogP contribution in [0.2, 0.25) is 0 Å². The molecule has 0 aliphatic carbocycles. The number of aliphatic hydroxyl groups is 1. The molecule has 3 aromatic rings. The number of ether oxygens (including phenoxy) is 1. The predicted octanol–water partition coefficient (Wildman–Crippen LogP) is 3.76. The summed E-state index contributed by atoms with van der Waals surface area (Å²) < 4.78 is 7.51. The van der Waals surface area contributed by atoms with Gasteiger partial charge in [0.1, 0.15) is 5.75 Å². The second kappa shape index (κ2) is 9.78. The van der Waals surface area contributed by atoms with Gasteiger partial charge in [0.25, 0.3) is 5.69 Å². The summed E-state index contributed by atoms with van der Waals surface area (Å²) in [7, 11) is 1.55. The highest BCUT2D eigenvalue weighted by molar-refractivity contribution is 7.80. The minimum absolute atomic E-state index is 0.00973. The average Bonchev–Trinajstić information content (AvgIpc) is 3.32. The summed E-state index contributed by atoms with van der Waals surface area (Å²) in [6.07, 6.45) is 2.33. The molecule has 1 aliphatic heterocycles.